The summed E-state index contributed by atoms with van der Waals surface area (Å²) in [6.07, 6.45) is 0.368. The summed E-state index contributed by atoms with van der Waals surface area (Å²) in [5.74, 6) is 1.22. The molecule has 0 spiro atoms. The zero-order valence-electron chi connectivity index (χ0n) is 14.9. The number of aromatic hydroxyl groups is 1. The molecule has 0 radical (unpaired) electrons. The van der Waals surface area contributed by atoms with E-state index >= 15 is 0 Å². The monoisotopic (exact) mass is 855 g/mol. The van der Waals surface area contributed by atoms with Crippen molar-refractivity contribution < 1.29 is 19.4 Å². The molecule has 0 amide bonds. The summed E-state index contributed by atoms with van der Waals surface area (Å²) in [4.78, 5) is 12.0. The van der Waals surface area contributed by atoms with Crippen LogP contribution in [0.5, 0.6) is 17.2 Å². The fourth-order valence-corrected chi connectivity index (χ4v) is 6.15. The van der Waals surface area contributed by atoms with Crippen molar-refractivity contribution in [2.75, 3.05) is 6.61 Å². The second kappa shape index (κ2) is 11.3. The highest BCUT2D eigenvalue weighted by atomic mass is 127. The number of phenolic OH excluding ortho intramolecular Hbond substituents is 1. The van der Waals surface area contributed by atoms with Gasteiger partial charge in [0.25, 0.3) is 0 Å². The van der Waals surface area contributed by atoms with Crippen molar-refractivity contribution in [3.05, 3.63) is 44.1 Å². The number of carbonyl (C=O) groups excluding carboxylic acids is 1. The SMILES string of the molecule is CCOC(=O)C(C)(N)Cc1cc(I)c(Oc2cc(I)c(O)c(I)c2)c(I)c1.Cl. The van der Waals surface area contributed by atoms with Gasteiger partial charge < -0.3 is 20.3 Å². The van der Waals surface area contributed by atoms with Crippen molar-refractivity contribution in [3.8, 4) is 17.2 Å². The molecule has 5 nitrogen and oxygen atoms in total. The van der Waals surface area contributed by atoms with Crippen molar-refractivity contribution >= 4 is 109 Å². The first kappa shape index (κ1) is 26.7. The van der Waals surface area contributed by atoms with Gasteiger partial charge in [-0.05, 0) is 134 Å². The number of nitrogens with two attached hydrogens (primary N) is 1. The standard InChI is InChI=1S/C18H17I4NO4.ClH/c1-3-26-17(25)18(2,23)8-9-4-13(21)16(14(22)5-9)27-10-6-11(19)15(24)12(20)7-10;/h4-7,24H,3,8,23H2,1-2H3;1H. The van der Waals surface area contributed by atoms with Crippen molar-refractivity contribution in [2.24, 2.45) is 5.73 Å². The minimum Gasteiger partial charge on any atom is -0.506 e. The van der Waals surface area contributed by atoms with Gasteiger partial charge in [-0.25, -0.2) is 0 Å². The summed E-state index contributed by atoms with van der Waals surface area (Å²) in [5, 5.41) is 9.91. The van der Waals surface area contributed by atoms with Crippen LogP contribution in [-0.4, -0.2) is 23.2 Å². The quantitative estimate of drug-likeness (QED) is 0.282. The maximum atomic E-state index is 12.0. The Bertz CT molecular complexity index is 831. The van der Waals surface area contributed by atoms with Gasteiger partial charge in [0, 0.05) is 6.42 Å². The van der Waals surface area contributed by atoms with Gasteiger partial charge in [-0.15, -0.1) is 12.4 Å². The zero-order valence-corrected chi connectivity index (χ0v) is 24.3. The molecule has 0 saturated heterocycles. The number of esters is 1. The Kier molecular flexibility index (Phi) is 10.8. The van der Waals surface area contributed by atoms with E-state index in [0.717, 1.165) is 25.6 Å². The second-order valence-electron chi connectivity index (χ2n) is 6.04. The van der Waals surface area contributed by atoms with E-state index in [1.54, 1.807) is 26.0 Å². The maximum absolute atomic E-state index is 12.0. The third kappa shape index (κ3) is 6.85. The number of hydrogen-bond acceptors (Lipinski definition) is 5. The van der Waals surface area contributed by atoms with Crippen LogP contribution in [0.15, 0.2) is 24.3 Å². The van der Waals surface area contributed by atoms with Gasteiger partial charge in [-0.3, -0.25) is 4.79 Å². The number of rotatable bonds is 6. The average Bonchev–Trinajstić information content (AvgIpc) is 2.55. The number of phenols is 1. The van der Waals surface area contributed by atoms with Crippen LogP contribution >= 0.6 is 103 Å². The van der Waals surface area contributed by atoms with Crippen LogP contribution in [0.2, 0.25) is 0 Å². The lowest BCUT2D eigenvalue weighted by atomic mass is 9.94. The fraction of sp³-hybridized carbons (Fsp3) is 0.278. The van der Waals surface area contributed by atoms with Crippen LogP contribution in [0.3, 0.4) is 0 Å². The number of benzene rings is 2. The molecule has 2 rings (SSSR count). The molecule has 2 aromatic carbocycles. The Morgan fingerprint density at radius 3 is 2.04 bits per heavy atom. The number of ether oxygens (including phenoxy) is 2. The van der Waals surface area contributed by atoms with Crippen LogP contribution in [-0.2, 0) is 16.0 Å². The maximum Gasteiger partial charge on any atom is 0.326 e. The molecule has 0 aromatic heterocycles. The normalized spacial score (nSPS) is 12.7. The molecule has 10 heteroatoms. The van der Waals surface area contributed by atoms with E-state index in [1.165, 1.54) is 0 Å². The van der Waals surface area contributed by atoms with Crippen molar-refractivity contribution in [1.29, 1.82) is 0 Å². The molecule has 0 aliphatic carbocycles. The minimum absolute atomic E-state index is 0. The summed E-state index contributed by atoms with van der Waals surface area (Å²) in [6, 6.07) is 7.49. The highest BCUT2D eigenvalue weighted by Gasteiger charge is 2.30. The first-order valence-electron chi connectivity index (χ1n) is 7.85. The molecule has 0 aliphatic rings. The van der Waals surface area contributed by atoms with E-state index in [2.05, 4.69) is 90.4 Å². The number of hydrogen-bond donors (Lipinski definition) is 2. The van der Waals surface area contributed by atoms with Crippen molar-refractivity contribution in [2.45, 2.75) is 25.8 Å². The predicted molar refractivity (Wildman–Crippen MR) is 146 cm³/mol. The van der Waals surface area contributed by atoms with Crippen LogP contribution in [0.1, 0.15) is 19.4 Å². The van der Waals surface area contributed by atoms with Crippen LogP contribution in [0.4, 0.5) is 0 Å². The van der Waals surface area contributed by atoms with Crippen molar-refractivity contribution in [1.82, 2.24) is 0 Å². The van der Waals surface area contributed by atoms with Gasteiger partial charge in [-0.1, -0.05) is 0 Å². The van der Waals surface area contributed by atoms with Crippen LogP contribution in [0, 0.1) is 14.3 Å². The molecular weight excluding hydrogens is 837 g/mol. The molecule has 1 unspecified atom stereocenters. The molecule has 3 N–H and O–H groups in total. The molecule has 0 heterocycles. The van der Waals surface area contributed by atoms with Gasteiger partial charge in [0.15, 0.2) is 5.75 Å². The molecule has 1 atom stereocenters. The van der Waals surface area contributed by atoms with Gasteiger partial charge >= 0.3 is 5.97 Å². The molecule has 0 aliphatic heterocycles. The van der Waals surface area contributed by atoms with E-state index in [0.29, 0.717) is 18.8 Å². The lowest BCUT2D eigenvalue weighted by molar-refractivity contribution is -0.148. The van der Waals surface area contributed by atoms with E-state index in [9.17, 15) is 9.90 Å². The zero-order chi connectivity index (χ0) is 20.4. The number of halogens is 5. The van der Waals surface area contributed by atoms with E-state index < -0.39 is 11.5 Å². The number of carbonyl (C=O) groups is 1. The third-order valence-corrected chi connectivity index (χ3v) is 6.83. The second-order valence-corrected chi connectivity index (χ2v) is 10.7. The van der Waals surface area contributed by atoms with Crippen LogP contribution in [0.25, 0.3) is 0 Å². The van der Waals surface area contributed by atoms with Gasteiger partial charge in [-0.2, -0.15) is 0 Å². The summed E-state index contributed by atoms with van der Waals surface area (Å²) in [7, 11) is 0. The Balaban J connectivity index is 0.00000392. The lowest BCUT2D eigenvalue weighted by Crippen LogP contribution is -2.48. The van der Waals surface area contributed by atoms with Gasteiger partial charge in [0.2, 0.25) is 0 Å². The largest absolute Gasteiger partial charge is 0.506 e. The third-order valence-electron chi connectivity index (χ3n) is 3.58. The molecule has 2 aromatic rings. The highest BCUT2D eigenvalue weighted by molar-refractivity contribution is 14.1. The first-order valence-corrected chi connectivity index (χ1v) is 12.2. The summed E-state index contributed by atoms with van der Waals surface area (Å²) >= 11 is 8.56. The van der Waals surface area contributed by atoms with Gasteiger partial charge in [0.05, 0.1) is 20.9 Å². The molecule has 0 fully saturated rings. The topological polar surface area (TPSA) is 81.8 Å². The minimum atomic E-state index is -1.09. The predicted octanol–water partition coefficient (Wildman–Crippen LogP) is 5.85. The van der Waals surface area contributed by atoms with Crippen molar-refractivity contribution in [3.63, 3.8) is 0 Å². The smallest absolute Gasteiger partial charge is 0.326 e. The van der Waals surface area contributed by atoms with Crippen LogP contribution < -0.4 is 10.5 Å². The molecule has 0 bridgehead atoms. The Morgan fingerprint density at radius 1 is 1.07 bits per heavy atom. The first-order chi connectivity index (χ1) is 12.5. The molecule has 0 saturated carbocycles. The molecule has 154 valence electrons. The van der Waals surface area contributed by atoms with E-state index in [1.807, 2.05) is 12.1 Å². The average molecular weight is 855 g/mol. The van der Waals surface area contributed by atoms with E-state index in [-0.39, 0.29) is 18.2 Å². The Hall–Kier alpha value is 0.680. The summed E-state index contributed by atoms with van der Waals surface area (Å²) in [6.45, 7) is 3.74. The van der Waals surface area contributed by atoms with E-state index in [4.69, 9.17) is 15.2 Å². The Labute approximate surface area is 224 Å². The summed E-state index contributed by atoms with van der Waals surface area (Å²) < 4.78 is 14.4. The highest BCUT2D eigenvalue weighted by Crippen LogP contribution is 2.37. The summed E-state index contributed by atoms with van der Waals surface area (Å²) in [5.41, 5.74) is 6.00. The van der Waals surface area contributed by atoms with Gasteiger partial charge in [0.1, 0.15) is 17.0 Å². The fourth-order valence-electron chi connectivity index (χ4n) is 2.32. The lowest BCUT2D eigenvalue weighted by Gasteiger charge is -2.23. The Morgan fingerprint density at radius 2 is 1.57 bits per heavy atom. The molecule has 28 heavy (non-hydrogen) atoms. The molecular formula is C18H18ClI4NO4.